The summed E-state index contributed by atoms with van der Waals surface area (Å²) in [7, 11) is 0. The van der Waals surface area contributed by atoms with Crippen LogP contribution in [0.1, 0.15) is 53.6 Å². The smallest absolute Gasteiger partial charge is 0.257 e. The van der Waals surface area contributed by atoms with Gasteiger partial charge in [-0.2, -0.15) is 0 Å². The van der Waals surface area contributed by atoms with Gasteiger partial charge in [0.1, 0.15) is 0 Å². The molecular weight excluding hydrogens is 368 g/mol. The molecule has 0 radical (unpaired) electrons. The highest BCUT2D eigenvalue weighted by molar-refractivity contribution is 6.03. The molecule has 0 bridgehead atoms. The monoisotopic (exact) mass is 392 g/mol. The van der Waals surface area contributed by atoms with Crippen molar-refractivity contribution in [1.82, 2.24) is 19.9 Å². The molecule has 0 saturated heterocycles. The minimum absolute atomic E-state index is 0.0555. The van der Waals surface area contributed by atoms with Crippen LogP contribution in [-0.4, -0.2) is 31.8 Å². The van der Waals surface area contributed by atoms with E-state index in [1.807, 2.05) is 32.0 Å². The number of H-pyrrole nitrogens is 2. The lowest BCUT2D eigenvalue weighted by Crippen LogP contribution is -2.18. The molecule has 2 aromatic heterocycles. The van der Waals surface area contributed by atoms with Gasteiger partial charge in [-0.1, -0.05) is 32.0 Å². The van der Waals surface area contributed by atoms with E-state index in [2.05, 4.69) is 30.6 Å². The first-order valence-corrected chi connectivity index (χ1v) is 9.79. The Morgan fingerprint density at radius 1 is 1.10 bits per heavy atom. The van der Waals surface area contributed by atoms with Gasteiger partial charge in [-0.15, -0.1) is 0 Å². The quantitative estimate of drug-likeness (QED) is 0.533. The van der Waals surface area contributed by atoms with Crippen molar-refractivity contribution in [2.75, 3.05) is 10.6 Å². The van der Waals surface area contributed by atoms with Crippen LogP contribution in [0.15, 0.2) is 36.5 Å². The third-order valence-corrected chi connectivity index (χ3v) is 5.11. The molecule has 1 aromatic carbocycles. The van der Waals surface area contributed by atoms with Gasteiger partial charge in [0.05, 0.1) is 11.9 Å². The molecule has 1 aliphatic carbocycles. The molecule has 150 valence electrons. The maximum absolute atomic E-state index is 12.3. The largest absolute Gasteiger partial charge is 0.328 e. The van der Waals surface area contributed by atoms with E-state index in [-0.39, 0.29) is 23.7 Å². The Hall–Kier alpha value is -3.42. The Bertz CT molecular complexity index is 1020. The summed E-state index contributed by atoms with van der Waals surface area (Å²) < 4.78 is 0. The van der Waals surface area contributed by atoms with Gasteiger partial charge < -0.3 is 9.97 Å². The van der Waals surface area contributed by atoms with Gasteiger partial charge in [-0.05, 0) is 31.4 Å². The fourth-order valence-electron chi connectivity index (χ4n) is 3.44. The van der Waals surface area contributed by atoms with Crippen LogP contribution < -0.4 is 10.6 Å². The van der Waals surface area contributed by atoms with Crippen molar-refractivity contribution in [2.45, 2.75) is 39.0 Å². The maximum Gasteiger partial charge on any atom is 0.257 e. The predicted octanol–water partition coefficient (Wildman–Crippen LogP) is 3.25. The summed E-state index contributed by atoms with van der Waals surface area (Å²) in [6.07, 6.45) is 4.28. The van der Waals surface area contributed by atoms with Crippen LogP contribution in [0.3, 0.4) is 0 Å². The molecule has 2 heterocycles. The van der Waals surface area contributed by atoms with Gasteiger partial charge in [-0.3, -0.25) is 20.2 Å². The predicted molar refractivity (Wildman–Crippen MR) is 110 cm³/mol. The molecule has 1 aliphatic rings. The number of hydrogen-bond donors (Lipinski definition) is 4. The average molecular weight is 392 g/mol. The minimum atomic E-state index is -0.198. The first-order chi connectivity index (χ1) is 14.0. The van der Waals surface area contributed by atoms with E-state index in [0.29, 0.717) is 17.5 Å². The molecule has 8 heteroatoms. The Kier molecular flexibility index (Phi) is 5.16. The van der Waals surface area contributed by atoms with Crippen molar-refractivity contribution in [3.8, 4) is 0 Å². The number of benzene rings is 1. The number of carbonyl (C=O) groups is 2. The van der Waals surface area contributed by atoms with Crippen LogP contribution in [0.2, 0.25) is 0 Å². The van der Waals surface area contributed by atoms with Gasteiger partial charge in [0.2, 0.25) is 17.8 Å². The molecule has 29 heavy (non-hydrogen) atoms. The van der Waals surface area contributed by atoms with Crippen molar-refractivity contribution in [3.05, 3.63) is 59.2 Å². The Morgan fingerprint density at radius 3 is 2.66 bits per heavy atom. The average Bonchev–Trinajstić information content (AvgIpc) is 3.34. The van der Waals surface area contributed by atoms with E-state index in [1.165, 1.54) is 0 Å². The molecule has 3 aromatic rings. The maximum atomic E-state index is 12.3. The van der Waals surface area contributed by atoms with E-state index < -0.39 is 0 Å². The summed E-state index contributed by atoms with van der Waals surface area (Å²) in [5.41, 5.74) is 3.59. The first-order valence-electron chi connectivity index (χ1n) is 9.79. The van der Waals surface area contributed by atoms with Gasteiger partial charge in [-0.25, -0.2) is 9.97 Å². The highest BCUT2D eigenvalue weighted by Crippen LogP contribution is 2.32. The number of imidazole rings is 2. The second-order valence-corrected chi connectivity index (χ2v) is 7.60. The van der Waals surface area contributed by atoms with Gasteiger partial charge in [0.25, 0.3) is 5.91 Å². The lowest BCUT2D eigenvalue weighted by molar-refractivity contribution is -0.118. The number of hydrogen-bond acceptors (Lipinski definition) is 4. The zero-order valence-electron chi connectivity index (χ0n) is 16.5. The lowest BCUT2D eigenvalue weighted by atomic mass is 9.88. The van der Waals surface area contributed by atoms with Crippen LogP contribution in [0, 0.1) is 5.92 Å². The van der Waals surface area contributed by atoms with E-state index >= 15 is 0 Å². The summed E-state index contributed by atoms with van der Waals surface area (Å²) in [5, 5.41) is 5.62. The van der Waals surface area contributed by atoms with Gasteiger partial charge in [0.15, 0.2) is 0 Å². The highest BCUT2D eigenvalue weighted by atomic mass is 16.2. The number of carbonyl (C=O) groups excluding carboxylic acids is 2. The number of rotatable bonds is 5. The molecule has 4 N–H and O–H groups in total. The molecule has 8 nitrogen and oxygen atoms in total. The molecule has 4 rings (SSSR count). The normalized spacial score (nSPS) is 15.8. The van der Waals surface area contributed by atoms with Crippen molar-refractivity contribution >= 4 is 23.7 Å². The second-order valence-electron chi connectivity index (χ2n) is 7.60. The molecule has 0 aliphatic heterocycles. The number of nitrogens with one attached hydrogen (secondary N) is 4. The Labute approximate surface area is 168 Å². The van der Waals surface area contributed by atoms with E-state index in [0.717, 1.165) is 36.3 Å². The number of aromatic nitrogens is 4. The Morgan fingerprint density at radius 2 is 1.90 bits per heavy atom. The lowest BCUT2D eigenvalue weighted by Gasteiger charge is -2.19. The topological polar surface area (TPSA) is 116 Å². The zero-order valence-corrected chi connectivity index (χ0v) is 16.5. The zero-order chi connectivity index (χ0) is 20.4. The van der Waals surface area contributed by atoms with Crippen LogP contribution in [0.25, 0.3) is 0 Å². The second kappa shape index (κ2) is 7.90. The van der Waals surface area contributed by atoms with E-state index in [4.69, 9.17) is 0 Å². The van der Waals surface area contributed by atoms with Crippen molar-refractivity contribution in [2.24, 2.45) is 5.92 Å². The van der Waals surface area contributed by atoms with Crippen LogP contribution >= 0.6 is 0 Å². The number of nitrogens with zero attached hydrogens (tertiary/aromatic N) is 2. The van der Waals surface area contributed by atoms with Crippen molar-refractivity contribution in [1.29, 1.82) is 0 Å². The van der Waals surface area contributed by atoms with Gasteiger partial charge >= 0.3 is 0 Å². The minimum Gasteiger partial charge on any atom is -0.328 e. The van der Waals surface area contributed by atoms with Crippen LogP contribution in [-0.2, 0) is 17.6 Å². The molecule has 0 saturated carbocycles. The first kappa shape index (κ1) is 18.9. The summed E-state index contributed by atoms with van der Waals surface area (Å²) in [6, 6.07) is 9.04. The Balaban J connectivity index is 1.42. The summed E-state index contributed by atoms with van der Waals surface area (Å²) in [5.74, 6) is 0.839. The highest BCUT2D eigenvalue weighted by Gasteiger charge is 2.25. The number of anilines is 2. The van der Waals surface area contributed by atoms with Crippen molar-refractivity contribution in [3.63, 3.8) is 0 Å². The van der Waals surface area contributed by atoms with Gasteiger partial charge in [0, 0.05) is 28.8 Å². The van der Waals surface area contributed by atoms with Crippen LogP contribution in [0.5, 0.6) is 0 Å². The number of aryl methyl sites for hydroxylation is 1. The fourth-order valence-corrected chi connectivity index (χ4v) is 3.44. The molecular formula is C21H24N6O2. The number of fused-ring (bicyclic) bond motifs is 1. The summed E-state index contributed by atoms with van der Waals surface area (Å²) in [4.78, 5) is 39.4. The van der Waals surface area contributed by atoms with E-state index in [1.54, 1.807) is 18.3 Å². The fraction of sp³-hybridized carbons (Fsp3) is 0.333. The van der Waals surface area contributed by atoms with Crippen LogP contribution in [0.4, 0.5) is 11.9 Å². The summed E-state index contributed by atoms with van der Waals surface area (Å²) >= 11 is 0. The third kappa shape index (κ3) is 4.21. The third-order valence-electron chi connectivity index (χ3n) is 5.11. The summed E-state index contributed by atoms with van der Waals surface area (Å²) in [6.45, 7) is 3.70. The number of amides is 2. The number of aromatic amines is 2. The molecule has 1 atom stereocenters. The molecule has 2 amide bonds. The SMILES string of the molecule is CC(C)C(=O)Nc1nc2c([nH]1)CC(c1cnc(NC(=O)c3ccccc3)[nH]1)CC2. The molecule has 1 unspecified atom stereocenters. The van der Waals surface area contributed by atoms with Crippen molar-refractivity contribution < 1.29 is 9.59 Å². The molecule has 0 fully saturated rings. The molecule has 0 spiro atoms. The van der Waals surface area contributed by atoms with E-state index in [9.17, 15) is 9.59 Å². The standard InChI is InChI=1S/C21H24N6O2/c1-12(2)18(28)26-21-23-15-9-8-14(10-16(15)24-21)17-11-22-20(25-17)27-19(29)13-6-4-3-5-7-13/h3-7,11-12,14H,8-10H2,1-2H3,(H2,22,25,27,29)(H2,23,24,26,28).